The number of fused-ring (bicyclic) bond motifs is 1. The van der Waals surface area contributed by atoms with E-state index in [2.05, 4.69) is 20.5 Å². The van der Waals surface area contributed by atoms with E-state index >= 15 is 0 Å². The Bertz CT molecular complexity index is 1080. The Labute approximate surface area is 159 Å². The van der Waals surface area contributed by atoms with Crippen LogP contribution in [-0.2, 0) is 0 Å². The molecule has 7 heteroatoms. The first kappa shape index (κ1) is 17.1. The Morgan fingerprint density at radius 3 is 2.78 bits per heavy atom. The van der Waals surface area contributed by atoms with Crippen molar-refractivity contribution in [3.05, 3.63) is 77.6 Å². The van der Waals surface area contributed by atoms with E-state index in [1.165, 1.54) is 18.0 Å². The van der Waals surface area contributed by atoms with E-state index in [0.29, 0.717) is 16.4 Å². The van der Waals surface area contributed by atoms with E-state index in [9.17, 15) is 4.79 Å². The molecule has 0 bridgehead atoms. The minimum Gasteiger partial charge on any atom is -0.448 e. The molecule has 2 N–H and O–H groups in total. The molecule has 4 aromatic rings. The first-order valence-electron chi connectivity index (χ1n) is 8.30. The first-order valence-corrected chi connectivity index (χ1v) is 9.11. The fourth-order valence-electron chi connectivity index (χ4n) is 2.46. The molecule has 2 aromatic heterocycles. The summed E-state index contributed by atoms with van der Waals surface area (Å²) in [5.74, 6) is 0.271. The molecule has 0 saturated carbocycles. The number of aromatic amines is 1. The summed E-state index contributed by atoms with van der Waals surface area (Å²) in [6, 6.07) is 18.7. The summed E-state index contributed by atoms with van der Waals surface area (Å²) < 4.78 is 5.69. The highest BCUT2D eigenvalue weighted by Crippen LogP contribution is 2.28. The van der Waals surface area contributed by atoms with Crippen LogP contribution in [0.1, 0.15) is 21.7 Å². The molecule has 1 amide bonds. The third-order valence-electron chi connectivity index (χ3n) is 3.84. The van der Waals surface area contributed by atoms with Crippen LogP contribution in [0.2, 0.25) is 0 Å². The van der Waals surface area contributed by atoms with Gasteiger partial charge in [-0.25, -0.2) is 10.4 Å². The number of rotatable bonds is 5. The number of aryl methyl sites for hydroxylation is 1. The van der Waals surface area contributed by atoms with Crippen molar-refractivity contribution in [1.82, 2.24) is 15.4 Å². The van der Waals surface area contributed by atoms with Crippen LogP contribution in [0.3, 0.4) is 0 Å². The molecular weight excluding hydrogens is 360 g/mol. The topological polar surface area (TPSA) is 83.3 Å². The minimum atomic E-state index is -0.269. The zero-order chi connectivity index (χ0) is 18.6. The fraction of sp³-hybridized carbons (Fsp3) is 0.0500. The van der Waals surface area contributed by atoms with E-state index in [0.717, 1.165) is 21.8 Å². The molecular formula is C20H16N4O2S. The Morgan fingerprint density at radius 1 is 1.15 bits per heavy atom. The second-order valence-corrected chi connectivity index (χ2v) is 6.88. The van der Waals surface area contributed by atoms with Crippen LogP contribution in [-0.4, -0.2) is 22.1 Å². The van der Waals surface area contributed by atoms with Gasteiger partial charge in [-0.15, -0.1) is 0 Å². The maximum atomic E-state index is 12.0. The summed E-state index contributed by atoms with van der Waals surface area (Å²) in [4.78, 5) is 19.7. The lowest BCUT2D eigenvalue weighted by atomic mass is 10.1. The SMILES string of the molecule is Cc1ccc(C(=O)N/N=C\c2ccc(Sc3nc4ccccc4[nH]3)o2)cc1. The van der Waals surface area contributed by atoms with Crippen molar-refractivity contribution >= 4 is 34.9 Å². The van der Waals surface area contributed by atoms with Crippen LogP contribution < -0.4 is 5.43 Å². The lowest BCUT2D eigenvalue weighted by Crippen LogP contribution is -2.17. The Morgan fingerprint density at radius 2 is 1.96 bits per heavy atom. The average Bonchev–Trinajstić information content (AvgIpc) is 3.28. The van der Waals surface area contributed by atoms with Crippen LogP contribution in [0.15, 0.2) is 80.4 Å². The number of aromatic nitrogens is 2. The molecule has 0 spiro atoms. The van der Waals surface area contributed by atoms with Gasteiger partial charge in [0, 0.05) is 5.56 Å². The van der Waals surface area contributed by atoms with Gasteiger partial charge in [0.05, 0.1) is 17.2 Å². The predicted molar refractivity (Wildman–Crippen MR) is 105 cm³/mol. The number of furan rings is 1. The second-order valence-electron chi connectivity index (χ2n) is 5.88. The summed E-state index contributed by atoms with van der Waals surface area (Å²) in [6.07, 6.45) is 1.47. The Balaban J connectivity index is 1.38. The number of hydrogen-bond donors (Lipinski definition) is 2. The maximum absolute atomic E-state index is 12.0. The number of carbonyl (C=O) groups is 1. The number of imidazole rings is 1. The molecule has 0 unspecified atom stereocenters. The molecule has 0 aliphatic heterocycles. The molecule has 0 radical (unpaired) electrons. The molecule has 2 aromatic carbocycles. The van der Waals surface area contributed by atoms with Gasteiger partial charge in [0.1, 0.15) is 5.76 Å². The summed E-state index contributed by atoms with van der Waals surface area (Å²) in [5, 5.41) is 5.38. The van der Waals surface area contributed by atoms with Gasteiger partial charge in [-0.3, -0.25) is 4.79 Å². The summed E-state index contributed by atoms with van der Waals surface area (Å²) in [6.45, 7) is 1.97. The molecule has 2 heterocycles. The van der Waals surface area contributed by atoms with Gasteiger partial charge >= 0.3 is 0 Å². The number of hydrogen-bond acceptors (Lipinski definition) is 5. The standard InChI is InChI=1S/C20H16N4O2S/c1-13-6-8-14(9-7-13)19(25)24-21-12-15-10-11-18(26-15)27-20-22-16-4-2-3-5-17(16)23-20/h2-12H,1H3,(H,22,23)(H,24,25)/b21-12-. The van der Waals surface area contributed by atoms with Gasteiger partial charge in [0.2, 0.25) is 0 Å². The number of amides is 1. The van der Waals surface area contributed by atoms with Crippen molar-refractivity contribution in [2.45, 2.75) is 17.2 Å². The number of nitrogens with one attached hydrogen (secondary N) is 2. The number of hydrazone groups is 1. The summed E-state index contributed by atoms with van der Waals surface area (Å²) in [7, 11) is 0. The normalized spacial score (nSPS) is 11.3. The number of benzene rings is 2. The Hall–Kier alpha value is -3.32. The molecule has 134 valence electrons. The van der Waals surface area contributed by atoms with Crippen molar-refractivity contribution in [3.63, 3.8) is 0 Å². The fourth-order valence-corrected chi connectivity index (χ4v) is 3.23. The molecule has 0 fully saturated rings. The highest BCUT2D eigenvalue weighted by molar-refractivity contribution is 7.99. The molecule has 27 heavy (non-hydrogen) atoms. The molecule has 0 atom stereocenters. The largest absolute Gasteiger partial charge is 0.448 e. The van der Waals surface area contributed by atoms with E-state index in [1.807, 2.05) is 49.4 Å². The summed E-state index contributed by atoms with van der Waals surface area (Å²) in [5.41, 5.74) is 6.03. The van der Waals surface area contributed by atoms with Gasteiger partial charge in [0.25, 0.3) is 5.91 Å². The van der Waals surface area contributed by atoms with Crippen molar-refractivity contribution in [2.24, 2.45) is 5.10 Å². The van der Waals surface area contributed by atoms with Gasteiger partial charge in [-0.1, -0.05) is 29.8 Å². The van der Waals surface area contributed by atoms with E-state index < -0.39 is 0 Å². The Kier molecular flexibility index (Phi) is 4.76. The average molecular weight is 376 g/mol. The molecule has 6 nitrogen and oxygen atoms in total. The first-order chi connectivity index (χ1) is 13.2. The summed E-state index contributed by atoms with van der Waals surface area (Å²) >= 11 is 1.39. The van der Waals surface area contributed by atoms with Crippen LogP contribution in [0, 0.1) is 6.92 Å². The third-order valence-corrected chi connectivity index (χ3v) is 4.65. The number of carbonyl (C=O) groups excluding carboxylic acids is 1. The van der Waals surface area contributed by atoms with E-state index in [1.54, 1.807) is 18.2 Å². The van der Waals surface area contributed by atoms with E-state index in [4.69, 9.17) is 4.42 Å². The zero-order valence-corrected chi connectivity index (χ0v) is 15.3. The highest BCUT2D eigenvalue weighted by atomic mass is 32.2. The monoisotopic (exact) mass is 376 g/mol. The number of nitrogens with zero attached hydrogens (tertiary/aromatic N) is 2. The number of para-hydroxylation sites is 2. The van der Waals surface area contributed by atoms with Crippen LogP contribution in [0.5, 0.6) is 0 Å². The van der Waals surface area contributed by atoms with Gasteiger partial charge in [-0.2, -0.15) is 5.10 Å². The van der Waals surface area contributed by atoms with Crippen molar-refractivity contribution < 1.29 is 9.21 Å². The van der Waals surface area contributed by atoms with Gasteiger partial charge in [0.15, 0.2) is 10.2 Å². The van der Waals surface area contributed by atoms with Crippen LogP contribution >= 0.6 is 11.8 Å². The van der Waals surface area contributed by atoms with Crippen LogP contribution in [0.25, 0.3) is 11.0 Å². The molecule has 0 aliphatic carbocycles. The van der Waals surface area contributed by atoms with Gasteiger partial charge in [-0.05, 0) is 55.1 Å². The molecule has 0 saturated heterocycles. The van der Waals surface area contributed by atoms with Crippen molar-refractivity contribution in [2.75, 3.05) is 0 Å². The molecule has 0 aliphatic rings. The predicted octanol–water partition coefficient (Wildman–Crippen LogP) is 4.38. The van der Waals surface area contributed by atoms with Crippen molar-refractivity contribution in [1.29, 1.82) is 0 Å². The maximum Gasteiger partial charge on any atom is 0.271 e. The quantitative estimate of drug-likeness (QED) is 0.400. The second kappa shape index (κ2) is 7.51. The smallest absolute Gasteiger partial charge is 0.271 e. The van der Waals surface area contributed by atoms with E-state index in [-0.39, 0.29) is 5.91 Å². The van der Waals surface area contributed by atoms with Gasteiger partial charge < -0.3 is 9.40 Å². The number of H-pyrrole nitrogens is 1. The molecule has 4 rings (SSSR count). The lowest BCUT2D eigenvalue weighted by molar-refractivity contribution is 0.0955. The highest BCUT2D eigenvalue weighted by Gasteiger charge is 2.08. The zero-order valence-electron chi connectivity index (χ0n) is 14.5. The van der Waals surface area contributed by atoms with Crippen molar-refractivity contribution in [3.8, 4) is 0 Å². The van der Waals surface area contributed by atoms with Crippen LogP contribution in [0.4, 0.5) is 0 Å². The minimum absolute atomic E-state index is 0.269. The lowest BCUT2D eigenvalue weighted by Gasteiger charge is -1.99. The third kappa shape index (κ3) is 4.09.